The molecule has 3 heterocycles. The minimum atomic E-state index is 0.0839. The van der Waals surface area contributed by atoms with Gasteiger partial charge in [0.25, 0.3) is 6.71 Å². The lowest BCUT2D eigenvalue weighted by molar-refractivity contribution is 1.18. The first-order chi connectivity index (χ1) is 22.9. The van der Waals surface area contributed by atoms with E-state index in [1.54, 1.807) is 0 Å². The molecule has 0 atom stereocenters. The van der Waals surface area contributed by atoms with Gasteiger partial charge in [-0.3, -0.25) is 0 Å². The zero-order chi connectivity index (χ0) is 30.2. The molecule has 4 heteroatoms. The van der Waals surface area contributed by atoms with E-state index in [9.17, 15) is 0 Å². The number of hydrogen-bond donors (Lipinski definition) is 0. The van der Waals surface area contributed by atoms with Crippen LogP contribution in [0.15, 0.2) is 170 Å². The lowest BCUT2D eigenvalue weighted by Gasteiger charge is -2.44. The number of nitrogens with zero attached hydrogens (tertiary/aromatic N) is 3. The Bertz CT molecular complexity index is 2430. The van der Waals surface area contributed by atoms with Gasteiger partial charge in [-0.05, 0) is 83.1 Å². The average molecular weight is 586 g/mol. The van der Waals surface area contributed by atoms with Gasteiger partial charge < -0.3 is 14.4 Å². The number of hydrogen-bond acceptors (Lipinski definition) is 2. The van der Waals surface area contributed by atoms with E-state index in [0.717, 1.165) is 5.69 Å². The van der Waals surface area contributed by atoms with Crippen molar-refractivity contribution in [2.45, 2.75) is 0 Å². The van der Waals surface area contributed by atoms with Gasteiger partial charge >= 0.3 is 0 Å². The van der Waals surface area contributed by atoms with Gasteiger partial charge in [0.15, 0.2) is 0 Å². The van der Waals surface area contributed by atoms with Crippen molar-refractivity contribution in [2.75, 3.05) is 9.80 Å². The molecule has 0 aliphatic carbocycles. The monoisotopic (exact) mass is 585 g/mol. The Kier molecular flexibility index (Phi) is 5.37. The molecule has 214 valence electrons. The standard InChI is InChI=1S/C42H28BN3/c1-4-15-29(16-5-1)44-35-23-12-10-21-32(35)40-37(44)28-27-34-42(40)46(31-19-8-3-9-20-31)39-26-14-25-38-41(39)43(34)33-22-11-13-24-36(33)45(38)30-17-6-2-7-18-30/h1-28H. The molecule has 1 aromatic heterocycles. The fraction of sp³-hybridized carbons (Fsp3) is 0. The van der Waals surface area contributed by atoms with Crippen molar-refractivity contribution in [3.05, 3.63) is 170 Å². The van der Waals surface area contributed by atoms with Crippen molar-refractivity contribution in [1.82, 2.24) is 4.57 Å². The Morgan fingerprint density at radius 3 is 1.67 bits per heavy atom. The second kappa shape index (κ2) is 9.75. The molecule has 8 aromatic rings. The highest BCUT2D eigenvalue weighted by molar-refractivity contribution is 7.00. The number of fused-ring (bicyclic) bond motifs is 8. The Morgan fingerprint density at radius 1 is 0.370 bits per heavy atom. The van der Waals surface area contributed by atoms with Gasteiger partial charge in [0.1, 0.15) is 0 Å². The molecule has 7 aromatic carbocycles. The lowest BCUT2D eigenvalue weighted by atomic mass is 9.33. The van der Waals surface area contributed by atoms with E-state index in [1.165, 1.54) is 72.3 Å². The minimum Gasteiger partial charge on any atom is -0.311 e. The van der Waals surface area contributed by atoms with Crippen LogP contribution < -0.4 is 26.2 Å². The van der Waals surface area contributed by atoms with Crippen LogP contribution in [0.5, 0.6) is 0 Å². The van der Waals surface area contributed by atoms with E-state index < -0.39 is 0 Å². The number of aromatic nitrogens is 1. The third-order valence-electron chi connectivity index (χ3n) is 9.74. The van der Waals surface area contributed by atoms with E-state index in [0.29, 0.717) is 0 Å². The molecule has 10 rings (SSSR count). The lowest BCUT2D eigenvalue weighted by Crippen LogP contribution is -2.61. The molecule has 46 heavy (non-hydrogen) atoms. The molecule has 2 aliphatic heterocycles. The van der Waals surface area contributed by atoms with Gasteiger partial charge in [0, 0.05) is 44.9 Å². The normalized spacial score (nSPS) is 13.1. The van der Waals surface area contributed by atoms with Gasteiger partial charge in [-0.25, -0.2) is 0 Å². The second-order valence-electron chi connectivity index (χ2n) is 12.1. The van der Waals surface area contributed by atoms with E-state index in [4.69, 9.17) is 0 Å². The second-order valence-corrected chi connectivity index (χ2v) is 12.1. The number of rotatable bonds is 3. The molecule has 3 nitrogen and oxygen atoms in total. The highest BCUT2D eigenvalue weighted by atomic mass is 15.2. The van der Waals surface area contributed by atoms with E-state index in [-0.39, 0.29) is 6.71 Å². The highest BCUT2D eigenvalue weighted by Gasteiger charge is 2.44. The number of benzene rings is 7. The maximum Gasteiger partial charge on any atom is 0.252 e. The molecule has 0 saturated carbocycles. The maximum atomic E-state index is 2.52. The van der Waals surface area contributed by atoms with Crippen molar-refractivity contribution in [3.8, 4) is 5.69 Å². The molecular weight excluding hydrogens is 557 g/mol. The van der Waals surface area contributed by atoms with Crippen LogP contribution in [-0.4, -0.2) is 11.3 Å². The van der Waals surface area contributed by atoms with Gasteiger partial charge in [-0.1, -0.05) is 103 Å². The van der Waals surface area contributed by atoms with Crippen LogP contribution in [0.4, 0.5) is 34.1 Å². The van der Waals surface area contributed by atoms with Crippen LogP contribution in [0.25, 0.3) is 27.5 Å². The van der Waals surface area contributed by atoms with E-state index in [2.05, 4.69) is 184 Å². The summed E-state index contributed by atoms with van der Waals surface area (Å²) in [7, 11) is 0. The van der Waals surface area contributed by atoms with Gasteiger partial charge in [0.05, 0.1) is 16.7 Å². The van der Waals surface area contributed by atoms with Crippen LogP contribution in [-0.2, 0) is 0 Å². The first-order valence-corrected chi connectivity index (χ1v) is 15.9. The van der Waals surface area contributed by atoms with Crippen LogP contribution in [0.3, 0.4) is 0 Å². The quantitative estimate of drug-likeness (QED) is 0.192. The molecule has 0 unspecified atom stereocenters. The third kappa shape index (κ3) is 3.44. The predicted molar refractivity (Wildman–Crippen MR) is 195 cm³/mol. The summed E-state index contributed by atoms with van der Waals surface area (Å²) in [6, 6.07) is 61.8. The predicted octanol–water partition coefficient (Wildman–Crippen LogP) is 8.87. The van der Waals surface area contributed by atoms with Crippen LogP contribution >= 0.6 is 0 Å². The van der Waals surface area contributed by atoms with Crippen molar-refractivity contribution in [1.29, 1.82) is 0 Å². The summed E-state index contributed by atoms with van der Waals surface area (Å²) in [6.45, 7) is 0.0839. The van der Waals surface area contributed by atoms with Crippen LogP contribution in [0, 0.1) is 0 Å². The summed E-state index contributed by atoms with van der Waals surface area (Å²) >= 11 is 0. The van der Waals surface area contributed by atoms with Crippen molar-refractivity contribution in [2.24, 2.45) is 0 Å². The van der Waals surface area contributed by atoms with Crippen molar-refractivity contribution in [3.63, 3.8) is 0 Å². The Hall–Kier alpha value is -6.00. The molecule has 0 N–H and O–H groups in total. The summed E-state index contributed by atoms with van der Waals surface area (Å²) in [5.74, 6) is 0. The van der Waals surface area contributed by atoms with E-state index >= 15 is 0 Å². The third-order valence-corrected chi connectivity index (χ3v) is 9.74. The molecule has 0 spiro atoms. The van der Waals surface area contributed by atoms with Gasteiger partial charge in [0.2, 0.25) is 0 Å². The summed E-state index contributed by atoms with van der Waals surface area (Å²) in [4.78, 5) is 4.96. The summed E-state index contributed by atoms with van der Waals surface area (Å²) in [6.07, 6.45) is 0. The molecule has 0 fully saturated rings. The van der Waals surface area contributed by atoms with Crippen molar-refractivity contribution < 1.29 is 0 Å². The Morgan fingerprint density at radius 2 is 0.935 bits per heavy atom. The largest absolute Gasteiger partial charge is 0.311 e. The zero-order valence-electron chi connectivity index (χ0n) is 25.1. The van der Waals surface area contributed by atoms with Gasteiger partial charge in [-0.2, -0.15) is 0 Å². The first kappa shape index (κ1) is 25.3. The Balaban J connectivity index is 1.36. The molecule has 2 aliphatic rings. The van der Waals surface area contributed by atoms with Crippen LogP contribution in [0.1, 0.15) is 0 Å². The van der Waals surface area contributed by atoms with Crippen molar-refractivity contribution >= 4 is 79.0 Å². The van der Waals surface area contributed by atoms with E-state index in [1.807, 2.05) is 0 Å². The SMILES string of the molecule is c1ccc(N2c3ccccc3B3c4ccc5c(c4N(c4ccccc4)c4cccc2c43)c2ccccc2n5-c2ccccc2)cc1. The maximum absolute atomic E-state index is 2.52. The van der Waals surface area contributed by atoms with Crippen LogP contribution in [0.2, 0.25) is 0 Å². The molecular formula is C42H28BN3. The molecule has 0 amide bonds. The summed E-state index contributed by atoms with van der Waals surface area (Å²) in [5.41, 5.74) is 14.8. The number of anilines is 6. The Labute approximate surface area is 268 Å². The summed E-state index contributed by atoms with van der Waals surface area (Å²) < 4.78 is 2.42. The summed E-state index contributed by atoms with van der Waals surface area (Å²) in [5, 5.41) is 2.54. The fourth-order valence-corrected chi connectivity index (χ4v) is 7.98. The molecule has 0 saturated heterocycles. The molecule has 0 radical (unpaired) electrons. The average Bonchev–Trinajstić information content (AvgIpc) is 3.47. The zero-order valence-corrected chi connectivity index (χ0v) is 25.1. The smallest absolute Gasteiger partial charge is 0.252 e. The van der Waals surface area contributed by atoms with Gasteiger partial charge in [-0.15, -0.1) is 0 Å². The highest BCUT2D eigenvalue weighted by Crippen LogP contribution is 2.47. The number of para-hydroxylation sites is 5. The first-order valence-electron chi connectivity index (χ1n) is 15.9. The topological polar surface area (TPSA) is 11.4 Å². The molecule has 0 bridgehead atoms. The fourth-order valence-electron chi connectivity index (χ4n) is 7.98. The minimum absolute atomic E-state index is 0.0839.